The maximum atomic E-state index is 5.77. The van der Waals surface area contributed by atoms with E-state index < -0.39 is 0 Å². The maximum Gasteiger partial charge on any atom is 0.0644 e. The molecule has 0 aliphatic heterocycles. The molecular weight excluding hydrogens is 284 g/mol. The molecular formula is C12H13BrN2S. The highest BCUT2D eigenvalue weighted by Gasteiger charge is 2.09. The van der Waals surface area contributed by atoms with Gasteiger partial charge >= 0.3 is 0 Å². The van der Waals surface area contributed by atoms with E-state index in [2.05, 4.69) is 38.1 Å². The van der Waals surface area contributed by atoms with E-state index in [1.807, 2.05) is 24.3 Å². The van der Waals surface area contributed by atoms with E-state index in [0.717, 1.165) is 10.2 Å². The minimum Gasteiger partial charge on any atom is -0.377 e. The maximum absolute atomic E-state index is 5.77. The zero-order valence-electron chi connectivity index (χ0n) is 8.69. The number of thiophene rings is 1. The summed E-state index contributed by atoms with van der Waals surface area (Å²) in [6.07, 6.45) is 0. The molecule has 0 aliphatic rings. The van der Waals surface area contributed by atoms with E-state index in [-0.39, 0.29) is 6.04 Å². The lowest BCUT2D eigenvalue weighted by molar-refractivity contribution is 0.793. The van der Waals surface area contributed by atoms with Crippen LogP contribution in [0.5, 0.6) is 0 Å². The molecule has 0 saturated heterocycles. The molecule has 2 aromatic rings. The summed E-state index contributed by atoms with van der Waals surface area (Å²) in [6.45, 7) is 0.590. The predicted molar refractivity (Wildman–Crippen MR) is 73.9 cm³/mol. The molecule has 0 saturated carbocycles. The highest BCUT2D eigenvalue weighted by molar-refractivity contribution is 9.10. The first kappa shape index (κ1) is 11.6. The fourth-order valence-corrected chi connectivity index (χ4v) is 2.48. The topological polar surface area (TPSA) is 38.0 Å². The Morgan fingerprint density at radius 1 is 1.25 bits per heavy atom. The standard InChI is InChI=1S/C12H13BrN2S/c13-10-1-3-11(4-2-10)15-12(7-14)9-5-6-16-8-9/h1-6,8,12,15H,7,14H2. The number of benzene rings is 1. The van der Waals surface area contributed by atoms with Crippen molar-refractivity contribution in [1.29, 1.82) is 0 Å². The molecule has 3 N–H and O–H groups in total. The van der Waals surface area contributed by atoms with Gasteiger partial charge in [-0.05, 0) is 46.7 Å². The summed E-state index contributed by atoms with van der Waals surface area (Å²) in [4.78, 5) is 0. The summed E-state index contributed by atoms with van der Waals surface area (Å²) >= 11 is 5.11. The molecule has 0 radical (unpaired) electrons. The number of anilines is 1. The predicted octanol–water partition coefficient (Wildman–Crippen LogP) is 3.62. The monoisotopic (exact) mass is 296 g/mol. The van der Waals surface area contributed by atoms with Gasteiger partial charge in [-0.2, -0.15) is 11.3 Å². The van der Waals surface area contributed by atoms with Crippen LogP contribution in [0.2, 0.25) is 0 Å². The lowest BCUT2D eigenvalue weighted by Crippen LogP contribution is -2.19. The Morgan fingerprint density at radius 2 is 2.00 bits per heavy atom. The summed E-state index contributed by atoms with van der Waals surface area (Å²) in [5.74, 6) is 0. The van der Waals surface area contributed by atoms with E-state index in [0.29, 0.717) is 6.54 Å². The van der Waals surface area contributed by atoms with Gasteiger partial charge in [0.05, 0.1) is 6.04 Å². The van der Waals surface area contributed by atoms with Crippen LogP contribution in [0.4, 0.5) is 5.69 Å². The van der Waals surface area contributed by atoms with Crippen molar-refractivity contribution >= 4 is 33.0 Å². The Bertz CT molecular complexity index is 425. The molecule has 0 amide bonds. The number of rotatable bonds is 4. The first-order chi connectivity index (χ1) is 7.79. The number of nitrogens with one attached hydrogen (secondary N) is 1. The molecule has 1 aromatic carbocycles. The molecule has 0 fully saturated rings. The van der Waals surface area contributed by atoms with Crippen LogP contribution in [-0.2, 0) is 0 Å². The lowest BCUT2D eigenvalue weighted by Gasteiger charge is -2.17. The molecule has 1 aromatic heterocycles. The van der Waals surface area contributed by atoms with Crippen LogP contribution in [0.25, 0.3) is 0 Å². The molecule has 1 heterocycles. The normalized spacial score (nSPS) is 12.4. The number of hydrogen-bond donors (Lipinski definition) is 2. The van der Waals surface area contributed by atoms with Crippen molar-refractivity contribution in [2.45, 2.75) is 6.04 Å². The largest absolute Gasteiger partial charge is 0.377 e. The van der Waals surface area contributed by atoms with E-state index >= 15 is 0 Å². The lowest BCUT2D eigenvalue weighted by atomic mass is 10.1. The van der Waals surface area contributed by atoms with Gasteiger partial charge in [-0.25, -0.2) is 0 Å². The SMILES string of the molecule is NCC(Nc1ccc(Br)cc1)c1ccsc1. The van der Waals surface area contributed by atoms with Crippen molar-refractivity contribution in [3.05, 3.63) is 51.1 Å². The Kier molecular flexibility index (Phi) is 3.98. The smallest absolute Gasteiger partial charge is 0.0644 e. The third kappa shape index (κ3) is 2.84. The summed E-state index contributed by atoms with van der Waals surface area (Å²) in [7, 11) is 0. The zero-order chi connectivity index (χ0) is 11.4. The Hall–Kier alpha value is -0.840. The third-order valence-electron chi connectivity index (χ3n) is 2.37. The highest BCUT2D eigenvalue weighted by Crippen LogP contribution is 2.22. The van der Waals surface area contributed by atoms with Crippen LogP contribution in [-0.4, -0.2) is 6.54 Å². The van der Waals surface area contributed by atoms with Crippen LogP contribution in [0.15, 0.2) is 45.6 Å². The first-order valence-corrected chi connectivity index (χ1v) is 6.77. The van der Waals surface area contributed by atoms with Gasteiger partial charge in [0, 0.05) is 16.7 Å². The quantitative estimate of drug-likeness (QED) is 0.904. The highest BCUT2D eigenvalue weighted by atomic mass is 79.9. The van der Waals surface area contributed by atoms with Gasteiger partial charge in [0.2, 0.25) is 0 Å². The second-order valence-electron chi connectivity index (χ2n) is 3.50. The van der Waals surface area contributed by atoms with Crippen LogP contribution >= 0.6 is 27.3 Å². The summed E-state index contributed by atoms with van der Waals surface area (Å²) in [5.41, 5.74) is 8.11. The van der Waals surface area contributed by atoms with Crippen LogP contribution in [0, 0.1) is 0 Å². The van der Waals surface area contributed by atoms with Crippen LogP contribution in [0.3, 0.4) is 0 Å². The van der Waals surface area contributed by atoms with Gasteiger partial charge in [0.1, 0.15) is 0 Å². The van der Waals surface area contributed by atoms with Crippen molar-refractivity contribution in [2.24, 2.45) is 5.73 Å². The molecule has 2 nitrogen and oxygen atoms in total. The molecule has 1 atom stereocenters. The molecule has 16 heavy (non-hydrogen) atoms. The van der Waals surface area contributed by atoms with E-state index in [1.54, 1.807) is 11.3 Å². The zero-order valence-corrected chi connectivity index (χ0v) is 11.1. The fourth-order valence-electron chi connectivity index (χ4n) is 1.50. The van der Waals surface area contributed by atoms with Crippen molar-refractivity contribution in [1.82, 2.24) is 0 Å². The van der Waals surface area contributed by atoms with Crippen LogP contribution in [0.1, 0.15) is 11.6 Å². The van der Waals surface area contributed by atoms with Crippen molar-refractivity contribution in [2.75, 3.05) is 11.9 Å². The van der Waals surface area contributed by atoms with Gasteiger partial charge in [-0.1, -0.05) is 15.9 Å². The van der Waals surface area contributed by atoms with Gasteiger partial charge < -0.3 is 11.1 Å². The van der Waals surface area contributed by atoms with Gasteiger partial charge in [0.25, 0.3) is 0 Å². The minimum atomic E-state index is 0.187. The molecule has 2 rings (SSSR count). The average molecular weight is 297 g/mol. The summed E-state index contributed by atoms with van der Waals surface area (Å²) in [6, 6.07) is 10.4. The Balaban J connectivity index is 2.10. The molecule has 4 heteroatoms. The second kappa shape index (κ2) is 5.48. The van der Waals surface area contributed by atoms with Crippen molar-refractivity contribution < 1.29 is 0 Å². The van der Waals surface area contributed by atoms with E-state index in [9.17, 15) is 0 Å². The van der Waals surface area contributed by atoms with Gasteiger partial charge in [0.15, 0.2) is 0 Å². The Morgan fingerprint density at radius 3 is 2.56 bits per heavy atom. The molecule has 0 bridgehead atoms. The van der Waals surface area contributed by atoms with Crippen molar-refractivity contribution in [3.8, 4) is 0 Å². The number of halogens is 1. The number of hydrogen-bond acceptors (Lipinski definition) is 3. The third-order valence-corrected chi connectivity index (χ3v) is 3.60. The molecule has 0 spiro atoms. The van der Waals surface area contributed by atoms with E-state index in [4.69, 9.17) is 5.73 Å². The van der Waals surface area contributed by atoms with Crippen molar-refractivity contribution in [3.63, 3.8) is 0 Å². The number of nitrogens with two attached hydrogens (primary N) is 1. The van der Waals surface area contributed by atoms with E-state index in [1.165, 1.54) is 5.56 Å². The molecule has 84 valence electrons. The molecule has 0 aliphatic carbocycles. The fraction of sp³-hybridized carbons (Fsp3) is 0.167. The second-order valence-corrected chi connectivity index (χ2v) is 5.19. The first-order valence-electron chi connectivity index (χ1n) is 5.04. The van der Waals surface area contributed by atoms with Gasteiger partial charge in [-0.15, -0.1) is 0 Å². The van der Waals surface area contributed by atoms with Gasteiger partial charge in [-0.3, -0.25) is 0 Å². The molecule has 1 unspecified atom stereocenters. The average Bonchev–Trinajstić information content (AvgIpc) is 2.82. The summed E-state index contributed by atoms with van der Waals surface area (Å²) in [5, 5.41) is 7.62. The minimum absolute atomic E-state index is 0.187. The Labute approximate surface area is 108 Å². The van der Waals surface area contributed by atoms with Crippen LogP contribution < -0.4 is 11.1 Å². The summed E-state index contributed by atoms with van der Waals surface area (Å²) < 4.78 is 1.08.